The number of ether oxygens (including phenoxy) is 1. The van der Waals surface area contributed by atoms with Crippen LogP contribution in [0.25, 0.3) is 11.1 Å². The van der Waals surface area contributed by atoms with Crippen LogP contribution >= 0.6 is 0 Å². The Kier molecular flexibility index (Phi) is 7.35. The van der Waals surface area contributed by atoms with Crippen LogP contribution in [-0.2, 0) is 22.5 Å². The summed E-state index contributed by atoms with van der Waals surface area (Å²) in [5, 5.41) is 9.96. The van der Waals surface area contributed by atoms with Crippen molar-refractivity contribution in [3.63, 3.8) is 0 Å². The second-order valence-corrected chi connectivity index (χ2v) is 10.0. The quantitative estimate of drug-likeness (QED) is 0.493. The second kappa shape index (κ2) is 10.8. The van der Waals surface area contributed by atoms with E-state index in [4.69, 9.17) is 10.5 Å². The molecule has 2 aliphatic rings. The Hall–Kier alpha value is -3.55. The van der Waals surface area contributed by atoms with Crippen molar-refractivity contribution in [3.05, 3.63) is 94.8 Å². The van der Waals surface area contributed by atoms with Gasteiger partial charge in [0.25, 0.3) is 0 Å². The number of likely N-dealkylation sites (tertiary alicyclic amines) is 1. The fraction of sp³-hybridized carbons (Fsp3) is 0.333. The van der Waals surface area contributed by atoms with Gasteiger partial charge in [0.2, 0.25) is 5.91 Å². The van der Waals surface area contributed by atoms with Gasteiger partial charge in [0.1, 0.15) is 11.9 Å². The van der Waals surface area contributed by atoms with Gasteiger partial charge in [-0.15, -0.1) is 0 Å². The third kappa shape index (κ3) is 5.73. The van der Waals surface area contributed by atoms with Crippen LogP contribution in [0.3, 0.4) is 0 Å². The number of nitrogens with zero attached hydrogens (tertiary/aromatic N) is 1. The highest BCUT2D eigenvalue weighted by Crippen LogP contribution is 2.35. The third-order valence-electron chi connectivity index (χ3n) is 7.36. The summed E-state index contributed by atoms with van der Waals surface area (Å²) < 4.78 is 19.0. The first-order valence-electron chi connectivity index (χ1n) is 12.8. The summed E-state index contributed by atoms with van der Waals surface area (Å²) >= 11 is 0. The number of carbonyl (C=O) groups excluding carboxylic acids is 2. The first-order chi connectivity index (χ1) is 17.9. The molecule has 192 valence electrons. The largest absolute Gasteiger partial charge is 0.458 e. The SMILES string of the molecule is NC(=O)C1c2ccc(CN3CCCC(O)C3)cc2CCC1OC(=O)c1ccc(-c2ccc(F)cc2)cc1. The van der Waals surface area contributed by atoms with E-state index in [2.05, 4.69) is 11.0 Å². The van der Waals surface area contributed by atoms with Crippen LogP contribution in [0.5, 0.6) is 0 Å². The minimum absolute atomic E-state index is 0.278. The van der Waals surface area contributed by atoms with Crippen LogP contribution in [0.2, 0.25) is 0 Å². The van der Waals surface area contributed by atoms with E-state index in [1.165, 1.54) is 12.1 Å². The Morgan fingerprint density at radius 3 is 2.38 bits per heavy atom. The minimum Gasteiger partial charge on any atom is -0.458 e. The number of nitrogens with two attached hydrogens (primary N) is 1. The van der Waals surface area contributed by atoms with Gasteiger partial charge in [-0.2, -0.15) is 0 Å². The van der Waals surface area contributed by atoms with Crippen molar-refractivity contribution >= 4 is 11.9 Å². The second-order valence-electron chi connectivity index (χ2n) is 10.0. The van der Waals surface area contributed by atoms with E-state index in [9.17, 15) is 19.1 Å². The fourth-order valence-corrected chi connectivity index (χ4v) is 5.49. The predicted octanol–water partition coefficient (Wildman–Crippen LogP) is 4.19. The van der Waals surface area contributed by atoms with E-state index in [1.807, 2.05) is 12.1 Å². The van der Waals surface area contributed by atoms with Crippen LogP contribution in [0.15, 0.2) is 66.7 Å². The third-order valence-corrected chi connectivity index (χ3v) is 7.36. The maximum atomic E-state index is 13.2. The molecule has 0 bridgehead atoms. The van der Waals surface area contributed by atoms with E-state index in [0.717, 1.165) is 53.7 Å². The van der Waals surface area contributed by atoms with Gasteiger partial charge in [-0.3, -0.25) is 9.69 Å². The number of benzene rings is 3. The molecule has 0 aromatic heterocycles. The zero-order valence-electron chi connectivity index (χ0n) is 20.6. The van der Waals surface area contributed by atoms with E-state index in [-0.39, 0.29) is 11.9 Å². The zero-order chi connectivity index (χ0) is 25.9. The standard InChI is InChI=1S/C30H31FN2O4/c31-24-11-8-21(9-12-24)20-4-6-22(7-5-20)30(36)37-27-14-10-23-16-19(3-13-26(23)28(27)29(32)35)17-33-15-1-2-25(34)18-33/h3-9,11-13,16,25,27-28,34H,1-2,10,14-15,17-18H2,(H2,32,35). The summed E-state index contributed by atoms with van der Waals surface area (Å²) in [5.74, 6) is -2.04. The smallest absolute Gasteiger partial charge is 0.338 e. The molecular weight excluding hydrogens is 471 g/mol. The number of hydrogen-bond donors (Lipinski definition) is 2. The number of hydrogen-bond acceptors (Lipinski definition) is 5. The van der Waals surface area contributed by atoms with E-state index in [0.29, 0.717) is 24.9 Å². The first-order valence-corrected chi connectivity index (χ1v) is 12.8. The normalized spacial score (nSPS) is 21.7. The summed E-state index contributed by atoms with van der Waals surface area (Å²) in [4.78, 5) is 27.7. The highest BCUT2D eigenvalue weighted by atomic mass is 19.1. The number of aliphatic hydroxyl groups is 1. The molecule has 3 N–H and O–H groups in total. The molecule has 3 aromatic rings. The van der Waals surface area contributed by atoms with Crippen LogP contribution in [0.1, 0.15) is 52.2 Å². The number of aliphatic hydroxyl groups excluding tert-OH is 1. The van der Waals surface area contributed by atoms with Crippen molar-refractivity contribution in [1.29, 1.82) is 0 Å². The number of halogens is 1. The van der Waals surface area contributed by atoms with Crippen molar-refractivity contribution in [1.82, 2.24) is 4.90 Å². The van der Waals surface area contributed by atoms with Gasteiger partial charge < -0.3 is 15.6 Å². The van der Waals surface area contributed by atoms with Crippen LogP contribution in [0.4, 0.5) is 4.39 Å². The fourth-order valence-electron chi connectivity index (χ4n) is 5.49. The molecule has 3 atom stereocenters. The van der Waals surface area contributed by atoms with E-state index >= 15 is 0 Å². The lowest BCUT2D eigenvalue weighted by Gasteiger charge is -2.33. The molecule has 0 radical (unpaired) electrons. The molecule has 5 rings (SSSR count). The van der Waals surface area contributed by atoms with E-state index < -0.39 is 23.9 Å². The number of primary amides is 1. The molecule has 1 aliphatic heterocycles. The van der Waals surface area contributed by atoms with Gasteiger partial charge in [-0.25, -0.2) is 9.18 Å². The lowest BCUT2D eigenvalue weighted by molar-refractivity contribution is -0.122. The average molecular weight is 503 g/mol. The average Bonchev–Trinajstić information content (AvgIpc) is 2.89. The first kappa shape index (κ1) is 25.1. The highest BCUT2D eigenvalue weighted by Gasteiger charge is 2.36. The number of carbonyl (C=O) groups is 2. The molecule has 0 spiro atoms. The number of esters is 1. The molecule has 1 aliphatic carbocycles. The van der Waals surface area contributed by atoms with Crippen molar-refractivity contribution in [3.8, 4) is 11.1 Å². The summed E-state index contributed by atoms with van der Waals surface area (Å²) in [7, 11) is 0. The number of aryl methyl sites for hydroxylation is 1. The maximum absolute atomic E-state index is 13.2. The van der Waals surface area contributed by atoms with Gasteiger partial charge in [-0.1, -0.05) is 42.5 Å². The monoisotopic (exact) mass is 502 g/mol. The summed E-state index contributed by atoms with van der Waals surface area (Å²) in [5.41, 5.74) is 10.9. The molecule has 1 fully saturated rings. The van der Waals surface area contributed by atoms with Crippen LogP contribution < -0.4 is 5.73 Å². The zero-order valence-corrected chi connectivity index (χ0v) is 20.6. The number of amides is 1. The highest BCUT2D eigenvalue weighted by molar-refractivity contribution is 5.91. The van der Waals surface area contributed by atoms with Gasteiger partial charge in [0.05, 0.1) is 17.6 Å². The molecule has 6 nitrogen and oxygen atoms in total. The molecule has 1 saturated heterocycles. The van der Waals surface area contributed by atoms with Crippen molar-refractivity contribution in [2.75, 3.05) is 13.1 Å². The van der Waals surface area contributed by atoms with Crippen LogP contribution in [0, 0.1) is 5.82 Å². The predicted molar refractivity (Wildman–Crippen MR) is 138 cm³/mol. The van der Waals surface area contributed by atoms with Gasteiger partial charge in [0, 0.05) is 13.1 Å². The molecule has 37 heavy (non-hydrogen) atoms. The lowest BCUT2D eigenvalue weighted by atomic mass is 9.79. The van der Waals surface area contributed by atoms with Crippen molar-refractivity contribution in [2.45, 2.75) is 50.4 Å². The Bertz CT molecular complexity index is 1280. The topological polar surface area (TPSA) is 92.9 Å². The molecular formula is C30H31FN2O4. The summed E-state index contributed by atoms with van der Waals surface area (Å²) in [6, 6.07) is 19.1. The molecule has 1 heterocycles. The lowest BCUT2D eigenvalue weighted by Crippen LogP contribution is -2.39. The molecule has 3 unspecified atom stereocenters. The summed E-state index contributed by atoms with van der Waals surface area (Å²) in [6.07, 6.45) is 2.10. The number of β-amino-alcohol motifs (C(OH)–C–C–N with tert-alkyl or cyclic N) is 1. The van der Waals surface area contributed by atoms with Crippen molar-refractivity contribution < 1.29 is 23.8 Å². The summed E-state index contributed by atoms with van der Waals surface area (Å²) in [6.45, 7) is 2.38. The molecule has 0 saturated carbocycles. The Labute approximate surface area is 215 Å². The Morgan fingerprint density at radius 2 is 1.70 bits per heavy atom. The molecule has 1 amide bonds. The maximum Gasteiger partial charge on any atom is 0.338 e. The number of fused-ring (bicyclic) bond motifs is 1. The van der Waals surface area contributed by atoms with Gasteiger partial charge in [0.15, 0.2) is 0 Å². The number of rotatable bonds is 6. The van der Waals surface area contributed by atoms with Crippen LogP contribution in [-0.4, -0.2) is 47.2 Å². The number of piperidine rings is 1. The van der Waals surface area contributed by atoms with Gasteiger partial charge >= 0.3 is 5.97 Å². The van der Waals surface area contributed by atoms with E-state index in [1.54, 1.807) is 36.4 Å². The van der Waals surface area contributed by atoms with Crippen molar-refractivity contribution in [2.24, 2.45) is 5.73 Å². The Morgan fingerprint density at radius 1 is 1.00 bits per heavy atom. The molecule has 3 aromatic carbocycles. The molecule has 7 heteroatoms. The minimum atomic E-state index is -0.711. The van der Waals surface area contributed by atoms with Gasteiger partial charge in [-0.05, 0) is 84.3 Å². The Balaban J connectivity index is 1.28.